The third-order valence-corrected chi connectivity index (χ3v) is 10.0. The molecule has 7 aromatic carbocycles. The third kappa shape index (κ3) is 15.4. The Labute approximate surface area is 385 Å². The number of hydrogen-bond acceptors (Lipinski definition) is 9. The van der Waals surface area contributed by atoms with Crippen LogP contribution in [0, 0.1) is 0 Å². The third-order valence-electron chi connectivity index (χ3n) is 8.53. The first-order valence-corrected chi connectivity index (χ1v) is 21.7. The number of carbonyl (C=O) groups excluding carboxylic acids is 1. The van der Waals surface area contributed by atoms with Crippen molar-refractivity contribution in [3.8, 4) is 16.9 Å². The number of nitrogens with one attached hydrogen (secondary N) is 1. The van der Waals surface area contributed by atoms with E-state index in [1.54, 1.807) is 25.1 Å². The quantitative estimate of drug-likeness (QED) is 0.0516. The number of halogens is 2. The minimum Gasteiger partial charge on any atom is -0.510 e. The summed E-state index contributed by atoms with van der Waals surface area (Å²) >= 11 is 13.4. The van der Waals surface area contributed by atoms with Gasteiger partial charge in [0.2, 0.25) is 5.91 Å². The summed E-state index contributed by atoms with van der Waals surface area (Å²) in [5, 5.41) is 27.4. The van der Waals surface area contributed by atoms with Crippen LogP contribution in [0.4, 0.5) is 16.5 Å². The second kappa shape index (κ2) is 27.4. The van der Waals surface area contributed by atoms with E-state index in [-0.39, 0.29) is 17.4 Å². The molecule has 0 atom stereocenters. The van der Waals surface area contributed by atoms with Gasteiger partial charge in [-0.25, -0.2) is 4.98 Å². The number of aromatic nitrogens is 1. The van der Waals surface area contributed by atoms with Gasteiger partial charge in [0.15, 0.2) is 5.13 Å². The monoisotopic (exact) mass is 904 g/mol. The number of anilines is 3. The van der Waals surface area contributed by atoms with E-state index in [1.165, 1.54) is 30.7 Å². The van der Waals surface area contributed by atoms with Gasteiger partial charge >= 0.3 is 0 Å². The number of rotatable bonds is 4. The number of aliphatic hydroxyl groups excluding tert-OH is 1. The maximum atomic E-state index is 11.0. The number of allylic oxidation sites excluding steroid dienone is 1. The van der Waals surface area contributed by atoms with E-state index in [0.29, 0.717) is 32.2 Å². The Balaban J connectivity index is 0.000000280. The molecule has 0 fully saturated rings. The van der Waals surface area contributed by atoms with E-state index in [9.17, 15) is 15.0 Å². The Bertz CT molecular complexity index is 2730. The van der Waals surface area contributed by atoms with Crippen molar-refractivity contribution in [2.75, 3.05) is 23.8 Å². The van der Waals surface area contributed by atoms with Crippen molar-refractivity contribution in [2.24, 2.45) is 11.5 Å². The van der Waals surface area contributed by atoms with Crippen molar-refractivity contribution in [1.29, 1.82) is 0 Å². The predicted octanol–water partition coefficient (Wildman–Crippen LogP) is 13.9. The highest BCUT2D eigenvalue weighted by molar-refractivity contribution is 7.22. The van der Waals surface area contributed by atoms with Crippen molar-refractivity contribution >= 4 is 100 Å². The highest BCUT2D eigenvalue weighted by Gasteiger charge is 2.08. The van der Waals surface area contributed by atoms with Crippen LogP contribution < -0.4 is 28.3 Å². The zero-order valence-electron chi connectivity index (χ0n) is 36.8. The number of phenolic OH excluding ortho intramolecular Hbond substituents is 1. The lowest BCUT2D eigenvalue weighted by atomic mass is 10.0. The van der Waals surface area contributed by atoms with Gasteiger partial charge in [-0.15, -0.1) is 0 Å². The van der Waals surface area contributed by atoms with E-state index >= 15 is 0 Å². The Morgan fingerprint density at radius 1 is 0.730 bits per heavy atom. The first-order valence-electron chi connectivity index (χ1n) is 20.1. The molecule has 1 aromatic heterocycles. The number of benzene rings is 7. The number of nitrogens with zero attached hydrogens (tertiary/aromatic N) is 1. The molecule has 0 aliphatic heterocycles. The normalized spacial score (nSPS) is 10.1. The van der Waals surface area contributed by atoms with E-state index in [4.69, 9.17) is 40.4 Å². The van der Waals surface area contributed by atoms with E-state index in [0.717, 1.165) is 48.6 Å². The number of thiazole rings is 1. The molecule has 0 radical (unpaired) electrons. The van der Waals surface area contributed by atoms with Gasteiger partial charge < -0.3 is 38.5 Å². The Hall–Kier alpha value is -6.56. The van der Waals surface area contributed by atoms with Crippen LogP contribution in [0.1, 0.15) is 52.7 Å². The maximum absolute atomic E-state index is 11.0. The van der Waals surface area contributed by atoms with Crippen LogP contribution in [0.5, 0.6) is 5.75 Å². The highest BCUT2D eigenvalue weighted by atomic mass is 35.5. The average molecular weight is 906 g/mol. The summed E-state index contributed by atoms with van der Waals surface area (Å²) in [5.74, 6) is 0.191. The summed E-state index contributed by atoms with van der Waals surface area (Å²) < 4.78 is 1.09. The highest BCUT2D eigenvalue weighted by Crippen LogP contribution is 2.32. The zero-order valence-corrected chi connectivity index (χ0v) is 39.1. The molecule has 0 spiro atoms. The molecule has 1 heterocycles. The SMILES string of the molecule is C=Cc1ccccc1/C(N)=C(\C)O.CC.CC.CC(=O)Nc1nc2c(ccc3ccccc32)s1.CN.Nc1c(O)ccc2ccccc12.Nc1ccc(-c2cccc(Cl)c2)cc1Cl. The zero-order chi connectivity index (χ0) is 47.1. The molecule has 63 heavy (non-hydrogen) atoms. The van der Waals surface area contributed by atoms with Crippen LogP contribution in [-0.2, 0) is 4.79 Å². The summed E-state index contributed by atoms with van der Waals surface area (Å²) in [4.78, 5) is 15.5. The molecule has 330 valence electrons. The molecule has 11 N–H and O–H groups in total. The number of nitrogen functional groups attached to an aromatic ring is 2. The van der Waals surface area contributed by atoms with Gasteiger partial charge in [-0.05, 0) is 77.8 Å². The summed E-state index contributed by atoms with van der Waals surface area (Å²) in [5.41, 5.74) is 27.7. The smallest absolute Gasteiger partial charge is 0.223 e. The standard InChI is InChI=1S/C13H10N2OS.C12H9Cl2N.C11H13NO.C10H9NO.2C2H6.CH5N/c1-8(16)14-13-15-12-10-5-3-2-4-9(10)6-7-11(12)17-13;13-10-3-1-2-8(6-10)9-4-5-12(15)11(14)7-9;1-3-9-6-4-5-7-10(9)11(12)8(2)13;11-10-8-4-2-1-3-7(8)5-6-9(10)12;3*1-2/h2-7H,1H3,(H,14,15,16);1-7H,15H2;3-7,13H,1,12H2,2H3;1-6,12H,11H2;2*1-2H3;2H2,1H3/b;;11-8-;;;;. The van der Waals surface area contributed by atoms with E-state index < -0.39 is 0 Å². The number of hydrogen-bond donors (Lipinski definition) is 7. The molecule has 0 saturated carbocycles. The lowest BCUT2D eigenvalue weighted by Crippen LogP contribution is -2.04. The van der Waals surface area contributed by atoms with Crippen molar-refractivity contribution in [2.45, 2.75) is 41.5 Å². The number of fused-ring (bicyclic) bond motifs is 4. The topological polar surface area (TPSA) is 187 Å². The molecule has 12 heteroatoms. The van der Waals surface area contributed by atoms with Crippen LogP contribution >= 0.6 is 34.5 Å². The predicted molar refractivity (Wildman–Crippen MR) is 277 cm³/mol. The number of carbonyl (C=O) groups is 1. The van der Waals surface area contributed by atoms with Gasteiger partial charge in [-0.2, -0.15) is 0 Å². The Morgan fingerprint density at radius 2 is 1.30 bits per heavy atom. The number of amides is 1. The van der Waals surface area contributed by atoms with Crippen molar-refractivity contribution < 1.29 is 15.0 Å². The van der Waals surface area contributed by atoms with Crippen LogP contribution in [0.3, 0.4) is 0 Å². The number of nitrogens with two attached hydrogens (primary N) is 4. The second-order valence-corrected chi connectivity index (χ2v) is 14.5. The van der Waals surface area contributed by atoms with Gasteiger partial charge in [0.1, 0.15) is 11.5 Å². The van der Waals surface area contributed by atoms with E-state index in [2.05, 4.69) is 40.8 Å². The first-order chi connectivity index (χ1) is 30.4. The fourth-order valence-corrected chi connectivity index (χ4v) is 6.94. The van der Waals surface area contributed by atoms with Gasteiger partial charge in [-0.3, -0.25) is 4.79 Å². The average Bonchev–Trinajstić information content (AvgIpc) is 3.73. The molecule has 1 amide bonds. The van der Waals surface area contributed by atoms with Gasteiger partial charge in [-0.1, -0.05) is 178 Å². The van der Waals surface area contributed by atoms with Crippen LogP contribution in [0.25, 0.3) is 54.7 Å². The van der Waals surface area contributed by atoms with Crippen LogP contribution in [0.15, 0.2) is 152 Å². The minimum absolute atomic E-state index is 0.0895. The summed E-state index contributed by atoms with van der Waals surface area (Å²) in [6.45, 7) is 14.7. The molecule has 8 aromatic rings. The lowest BCUT2D eigenvalue weighted by Gasteiger charge is -2.06. The minimum atomic E-state index is -0.0895. The van der Waals surface area contributed by atoms with Gasteiger partial charge in [0.05, 0.1) is 32.3 Å². The summed E-state index contributed by atoms with van der Waals surface area (Å²) in [7, 11) is 1.50. The fourth-order valence-electron chi connectivity index (χ4n) is 5.64. The molecule has 0 aliphatic carbocycles. The first kappa shape index (κ1) is 52.6. The number of aliphatic hydroxyl groups is 1. The maximum Gasteiger partial charge on any atom is 0.223 e. The molecule has 0 aliphatic rings. The molecule has 0 bridgehead atoms. The second-order valence-electron chi connectivity index (χ2n) is 12.6. The van der Waals surface area contributed by atoms with Crippen LogP contribution in [0.2, 0.25) is 10.0 Å². The van der Waals surface area contributed by atoms with Crippen molar-refractivity contribution in [1.82, 2.24) is 4.98 Å². The summed E-state index contributed by atoms with van der Waals surface area (Å²) in [6.07, 6.45) is 1.71. The fraction of sp³-hybridized carbons (Fsp3) is 0.137. The van der Waals surface area contributed by atoms with Gasteiger partial charge in [0, 0.05) is 28.3 Å². The molecule has 0 unspecified atom stereocenters. The van der Waals surface area contributed by atoms with Crippen molar-refractivity contribution in [3.63, 3.8) is 0 Å². The number of aromatic hydroxyl groups is 1. The Kier molecular flexibility index (Phi) is 22.9. The van der Waals surface area contributed by atoms with Crippen LogP contribution in [-0.4, -0.2) is 28.2 Å². The largest absolute Gasteiger partial charge is 0.510 e. The molecule has 0 saturated heterocycles. The molecular formula is C51H58Cl2N6O3S. The number of phenols is 1. The molecule has 9 nitrogen and oxygen atoms in total. The molecular weight excluding hydrogens is 848 g/mol. The summed E-state index contributed by atoms with van der Waals surface area (Å²) in [6, 6.07) is 44.1. The molecule has 8 rings (SSSR count). The van der Waals surface area contributed by atoms with E-state index in [1.807, 2.05) is 137 Å². The Morgan fingerprint density at radius 3 is 1.90 bits per heavy atom. The van der Waals surface area contributed by atoms with Crippen molar-refractivity contribution in [3.05, 3.63) is 173 Å². The lowest BCUT2D eigenvalue weighted by molar-refractivity contribution is -0.114. The van der Waals surface area contributed by atoms with Gasteiger partial charge in [0.25, 0.3) is 0 Å².